The number of thioether (sulfide) groups is 1. The maximum absolute atomic E-state index is 12.5. The summed E-state index contributed by atoms with van der Waals surface area (Å²) < 4.78 is 0. The number of hydrogen-bond donors (Lipinski definition) is 2. The molecule has 0 spiro atoms. The van der Waals surface area contributed by atoms with Crippen molar-refractivity contribution in [3.63, 3.8) is 0 Å². The molecule has 1 aliphatic rings. The molecule has 1 fully saturated rings. The Morgan fingerprint density at radius 1 is 1.53 bits per heavy atom. The van der Waals surface area contributed by atoms with E-state index in [0.29, 0.717) is 23.7 Å². The molecule has 2 rings (SSSR count). The lowest BCUT2D eigenvalue weighted by atomic mass is 10.1. The Balaban J connectivity index is 2.23. The summed E-state index contributed by atoms with van der Waals surface area (Å²) in [6, 6.07) is 5.20. The van der Waals surface area contributed by atoms with E-state index in [0.717, 1.165) is 4.90 Å². The van der Waals surface area contributed by atoms with Crippen molar-refractivity contribution >= 4 is 29.3 Å². The topological polar surface area (TPSA) is 52.6 Å². The zero-order valence-electron chi connectivity index (χ0n) is 10.9. The molecule has 6 heteroatoms. The van der Waals surface area contributed by atoms with Crippen LogP contribution in [0.1, 0.15) is 10.4 Å². The van der Waals surface area contributed by atoms with E-state index < -0.39 is 6.10 Å². The molecule has 1 aliphatic heterocycles. The van der Waals surface area contributed by atoms with Crippen LogP contribution in [0.25, 0.3) is 0 Å². The third kappa shape index (κ3) is 3.05. The molecule has 104 valence electrons. The summed E-state index contributed by atoms with van der Waals surface area (Å²) in [5.41, 5.74) is 0.482. The Labute approximate surface area is 122 Å². The molecule has 4 nitrogen and oxygen atoms in total. The number of nitrogens with zero attached hydrogens (tertiary/aromatic N) is 1. The standard InChI is InChI=1S/C13H17ClN2O2S/c1-16(11-6-15-7-12(11)17)13(18)9-5-8(19-2)3-4-10(9)14/h3-5,11-12,15,17H,6-7H2,1-2H3/t11-,12-/m0/s1. The maximum Gasteiger partial charge on any atom is 0.255 e. The largest absolute Gasteiger partial charge is 0.390 e. The highest BCUT2D eigenvalue weighted by atomic mass is 35.5. The number of carbonyl (C=O) groups is 1. The van der Waals surface area contributed by atoms with E-state index in [9.17, 15) is 9.90 Å². The van der Waals surface area contributed by atoms with Gasteiger partial charge in [-0.2, -0.15) is 0 Å². The Morgan fingerprint density at radius 3 is 2.84 bits per heavy atom. The SMILES string of the molecule is CSc1ccc(Cl)c(C(=O)N(C)[C@H]2CNC[C@@H]2O)c1. The molecule has 19 heavy (non-hydrogen) atoms. The van der Waals surface area contributed by atoms with E-state index >= 15 is 0 Å². The van der Waals surface area contributed by atoms with Gasteiger partial charge in [0.2, 0.25) is 0 Å². The molecule has 1 aromatic carbocycles. The lowest BCUT2D eigenvalue weighted by Gasteiger charge is -2.26. The second kappa shape index (κ2) is 6.13. The van der Waals surface area contributed by atoms with E-state index in [1.54, 1.807) is 35.8 Å². The van der Waals surface area contributed by atoms with Gasteiger partial charge in [-0.15, -0.1) is 11.8 Å². The highest BCUT2D eigenvalue weighted by molar-refractivity contribution is 7.98. The van der Waals surface area contributed by atoms with Crippen LogP contribution >= 0.6 is 23.4 Å². The molecule has 0 saturated carbocycles. The fraction of sp³-hybridized carbons (Fsp3) is 0.462. The van der Waals surface area contributed by atoms with Gasteiger partial charge in [0.1, 0.15) is 0 Å². The first-order valence-corrected chi connectivity index (χ1v) is 7.64. The predicted molar refractivity (Wildman–Crippen MR) is 78.0 cm³/mol. The third-order valence-electron chi connectivity index (χ3n) is 3.37. The van der Waals surface area contributed by atoms with E-state index in [2.05, 4.69) is 5.32 Å². The number of carbonyl (C=O) groups excluding carboxylic acids is 1. The van der Waals surface area contributed by atoms with Crippen LogP contribution in [0.3, 0.4) is 0 Å². The number of hydrogen-bond acceptors (Lipinski definition) is 4. The number of β-amino-alcohol motifs (C(OH)–C–C–N with tert-alkyl or cyclic N) is 1. The van der Waals surface area contributed by atoms with Crippen LogP contribution in [0.5, 0.6) is 0 Å². The number of rotatable bonds is 3. The maximum atomic E-state index is 12.5. The zero-order chi connectivity index (χ0) is 14.0. The van der Waals surface area contributed by atoms with E-state index in [1.807, 2.05) is 12.3 Å². The van der Waals surface area contributed by atoms with Crippen LogP contribution < -0.4 is 5.32 Å². The normalized spacial score (nSPS) is 22.5. The van der Waals surface area contributed by atoms with Gasteiger partial charge in [-0.05, 0) is 24.5 Å². The summed E-state index contributed by atoms with van der Waals surface area (Å²) in [4.78, 5) is 15.0. The summed E-state index contributed by atoms with van der Waals surface area (Å²) in [6.07, 6.45) is 1.42. The van der Waals surface area contributed by atoms with Crippen molar-refractivity contribution in [1.82, 2.24) is 10.2 Å². The number of likely N-dealkylation sites (N-methyl/N-ethyl adjacent to an activating group) is 1. The fourth-order valence-electron chi connectivity index (χ4n) is 2.18. The highest BCUT2D eigenvalue weighted by Crippen LogP contribution is 2.25. The number of nitrogens with one attached hydrogen (secondary N) is 1. The minimum absolute atomic E-state index is 0.159. The first kappa shape index (κ1) is 14.7. The minimum atomic E-state index is -0.531. The smallest absolute Gasteiger partial charge is 0.255 e. The Kier molecular flexibility index (Phi) is 4.73. The van der Waals surface area contributed by atoms with Gasteiger partial charge in [0.15, 0.2) is 0 Å². The number of aliphatic hydroxyl groups is 1. The molecule has 1 amide bonds. The molecule has 0 radical (unpaired) electrons. The van der Waals surface area contributed by atoms with E-state index in [1.165, 1.54) is 0 Å². The Hall–Kier alpha value is -0.750. The molecule has 2 atom stereocenters. The van der Waals surface area contributed by atoms with Gasteiger partial charge in [-0.3, -0.25) is 4.79 Å². The van der Waals surface area contributed by atoms with Crippen LogP contribution in [0, 0.1) is 0 Å². The van der Waals surface area contributed by atoms with Crippen LogP contribution in [0.15, 0.2) is 23.1 Å². The molecule has 0 bridgehead atoms. The van der Waals surface area contributed by atoms with E-state index in [-0.39, 0.29) is 11.9 Å². The molecular weight excluding hydrogens is 284 g/mol. The van der Waals surface area contributed by atoms with Crippen molar-refractivity contribution in [3.05, 3.63) is 28.8 Å². The molecule has 0 aliphatic carbocycles. The lowest BCUT2D eigenvalue weighted by molar-refractivity contribution is 0.0581. The Morgan fingerprint density at radius 2 is 2.26 bits per heavy atom. The average molecular weight is 301 g/mol. The highest BCUT2D eigenvalue weighted by Gasteiger charge is 2.32. The molecule has 0 unspecified atom stereocenters. The molecule has 0 aromatic heterocycles. The van der Waals surface area contributed by atoms with Crippen LogP contribution in [-0.2, 0) is 0 Å². The van der Waals surface area contributed by atoms with Gasteiger partial charge in [-0.1, -0.05) is 11.6 Å². The second-order valence-electron chi connectivity index (χ2n) is 4.55. The fourth-order valence-corrected chi connectivity index (χ4v) is 2.82. The minimum Gasteiger partial charge on any atom is -0.390 e. The van der Waals surface area contributed by atoms with Gasteiger partial charge in [0.25, 0.3) is 5.91 Å². The molecule has 1 aromatic rings. The van der Waals surface area contributed by atoms with Crippen molar-refractivity contribution < 1.29 is 9.90 Å². The van der Waals surface area contributed by atoms with Gasteiger partial charge < -0.3 is 15.3 Å². The van der Waals surface area contributed by atoms with Crippen LogP contribution in [0.4, 0.5) is 0 Å². The number of halogens is 1. The van der Waals surface area contributed by atoms with Gasteiger partial charge in [0, 0.05) is 25.0 Å². The monoisotopic (exact) mass is 300 g/mol. The van der Waals surface area contributed by atoms with Crippen LogP contribution in [0.2, 0.25) is 5.02 Å². The van der Waals surface area contributed by atoms with Crippen molar-refractivity contribution in [2.45, 2.75) is 17.0 Å². The number of amides is 1. The van der Waals surface area contributed by atoms with Crippen LogP contribution in [-0.4, -0.2) is 54.5 Å². The first-order valence-electron chi connectivity index (χ1n) is 6.04. The third-order valence-corrected chi connectivity index (χ3v) is 4.43. The average Bonchev–Trinajstić information content (AvgIpc) is 2.84. The van der Waals surface area contributed by atoms with Crippen molar-refractivity contribution in [2.75, 3.05) is 26.4 Å². The number of aliphatic hydroxyl groups excluding tert-OH is 1. The predicted octanol–water partition coefficient (Wildman–Crippen LogP) is 1.47. The van der Waals surface area contributed by atoms with Crippen molar-refractivity contribution in [3.8, 4) is 0 Å². The zero-order valence-corrected chi connectivity index (χ0v) is 12.5. The summed E-state index contributed by atoms with van der Waals surface area (Å²) in [5.74, 6) is -0.159. The molecular formula is C13H17ClN2O2S. The summed E-state index contributed by atoms with van der Waals surface area (Å²) in [6.45, 7) is 1.12. The molecule has 2 N–H and O–H groups in total. The first-order chi connectivity index (χ1) is 9.04. The van der Waals surface area contributed by atoms with E-state index in [4.69, 9.17) is 11.6 Å². The summed E-state index contributed by atoms with van der Waals surface area (Å²) in [5, 5.41) is 13.3. The quantitative estimate of drug-likeness (QED) is 0.830. The van der Waals surface area contributed by atoms with Gasteiger partial charge in [0.05, 0.1) is 22.7 Å². The van der Waals surface area contributed by atoms with Gasteiger partial charge in [-0.25, -0.2) is 0 Å². The second-order valence-corrected chi connectivity index (χ2v) is 5.84. The number of benzene rings is 1. The van der Waals surface area contributed by atoms with Crippen molar-refractivity contribution in [1.29, 1.82) is 0 Å². The van der Waals surface area contributed by atoms with Crippen molar-refractivity contribution in [2.24, 2.45) is 0 Å². The van der Waals surface area contributed by atoms with Gasteiger partial charge >= 0.3 is 0 Å². The molecule has 1 heterocycles. The molecule has 1 saturated heterocycles. The lowest BCUT2D eigenvalue weighted by Crippen LogP contribution is -2.44. The summed E-state index contributed by atoms with van der Waals surface area (Å²) in [7, 11) is 1.70. The Bertz CT molecular complexity index is 484. The summed E-state index contributed by atoms with van der Waals surface area (Å²) >= 11 is 7.66.